The van der Waals surface area contributed by atoms with Gasteiger partial charge in [0.1, 0.15) is 0 Å². The second-order valence-electron chi connectivity index (χ2n) is 0.448. The van der Waals surface area contributed by atoms with Crippen LogP contribution < -0.4 is 0 Å². The zero-order chi connectivity index (χ0) is 4.50. The predicted molar refractivity (Wildman–Crippen MR) is 40.5 cm³/mol. The fourth-order valence-corrected chi connectivity index (χ4v) is 0. The van der Waals surface area contributed by atoms with Crippen LogP contribution in [0.15, 0.2) is 0 Å². The fourth-order valence-electron chi connectivity index (χ4n) is 0. The Morgan fingerprint density at radius 1 is 1.12 bits per heavy atom. The van der Waals surface area contributed by atoms with E-state index < -0.39 is 10.4 Å². The molecule has 8 heavy (non-hydrogen) atoms. The molecule has 0 saturated heterocycles. The fraction of sp³-hybridized carbons (Fsp3) is 0. The van der Waals surface area contributed by atoms with Crippen LogP contribution in [0.25, 0.3) is 0 Å². The molecule has 8 heteroatoms. The molecule has 0 unspecified atom stereocenters. The van der Waals surface area contributed by atoms with E-state index in [1.165, 1.54) is 0 Å². The van der Waals surface area contributed by atoms with Crippen molar-refractivity contribution in [3.8, 4) is 0 Å². The Morgan fingerprint density at radius 3 is 1.12 bits per heavy atom. The molecular weight excluding hydrogens is 303 g/mol. The Labute approximate surface area is 135 Å². The van der Waals surface area contributed by atoms with Crippen LogP contribution in [-0.2, 0) is 10.4 Å². The van der Waals surface area contributed by atoms with Crippen molar-refractivity contribution in [2.24, 2.45) is 0 Å². The third-order valence-electron chi connectivity index (χ3n) is 0. The number of rotatable bonds is 0. The zero-order valence-corrected chi connectivity index (χ0v) is 12.8. The van der Waals surface area contributed by atoms with Gasteiger partial charge in [-0.1, -0.05) is 0 Å². The van der Waals surface area contributed by atoms with Crippen LogP contribution in [0.3, 0.4) is 0 Å². The van der Waals surface area contributed by atoms with Gasteiger partial charge in [0.05, 0.1) is 0 Å². The summed E-state index contributed by atoms with van der Waals surface area (Å²) in [5.41, 5.74) is 0. The van der Waals surface area contributed by atoms with Gasteiger partial charge in [0.2, 0.25) is 0 Å². The largest absolute Gasteiger partial charge is 2.00 e. The molecule has 0 fully saturated rings. The molecule has 0 saturated carbocycles. The van der Waals surface area contributed by atoms with E-state index in [2.05, 4.69) is 0 Å². The molecule has 0 aromatic carbocycles. The maximum atomic E-state index is 8.74. The van der Waals surface area contributed by atoms with E-state index in [4.69, 9.17) is 17.5 Å². The predicted octanol–water partition coefficient (Wildman–Crippen LogP) is -0.852. The molecule has 0 bridgehead atoms. The molecule has 2 N–H and O–H groups in total. The molecule has 0 heterocycles. The summed E-state index contributed by atoms with van der Waals surface area (Å²) >= 11 is 0. The van der Waals surface area contributed by atoms with Crippen molar-refractivity contribution in [1.82, 2.24) is 0 Å². The van der Waals surface area contributed by atoms with Crippen molar-refractivity contribution in [2.75, 3.05) is 0 Å². The molecule has 0 aliphatic heterocycles. The van der Waals surface area contributed by atoms with Crippen molar-refractivity contribution in [2.45, 2.75) is 0 Å². The second-order valence-corrected chi connectivity index (χ2v) is 1.34. The van der Waals surface area contributed by atoms with Gasteiger partial charge < -0.3 is 5.71 Å². The van der Waals surface area contributed by atoms with E-state index >= 15 is 0 Å². The Kier molecular flexibility index (Phi) is 28.6. The molecule has 0 atom stereocenters. The molecule has 0 spiro atoms. The van der Waals surface area contributed by atoms with Gasteiger partial charge in [-0.25, -0.2) is 0 Å². The van der Waals surface area contributed by atoms with Crippen molar-refractivity contribution in [1.29, 1.82) is 0 Å². The molecule has 0 aliphatic rings. The standard InChI is InChI=1S/H2O4S.H2S.2Sr.4H/c1-5(2,3)4;;;;;;;/h(H2,1,2,3,4);1H2;;;;;;/q;;2*+2;4*-1. The first-order chi connectivity index (χ1) is 2.00. The van der Waals surface area contributed by atoms with Crippen molar-refractivity contribution in [3.63, 3.8) is 0 Å². The Hall–Kier alpha value is 3.18. The normalized spacial score (nSPS) is 7.25. The van der Waals surface area contributed by atoms with Gasteiger partial charge in [-0.05, 0) is 0 Å². The first-order valence-corrected chi connectivity index (χ1v) is 2.10. The van der Waals surface area contributed by atoms with E-state index in [0.717, 1.165) is 0 Å². The molecule has 4 nitrogen and oxygen atoms in total. The van der Waals surface area contributed by atoms with Crippen LogP contribution in [0, 0.1) is 0 Å². The van der Waals surface area contributed by atoms with Gasteiger partial charge in [-0.2, -0.15) is 21.9 Å². The zero-order valence-electron chi connectivity index (χ0n) is 8.03. The first kappa shape index (κ1) is 22.5. The van der Waals surface area contributed by atoms with Gasteiger partial charge in [0.25, 0.3) is 0 Å². The Bertz CT molecular complexity index is 106. The summed E-state index contributed by atoms with van der Waals surface area (Å²) in [6, 6.07) is 0. The van der Waals surface area contributed by atoms with E-state index in [-0.39, 0.29) is 110 Å². The first-order valence-electron chi connectivity index (χ1n) is 0.698. The van der Waals surface area contributed by atoms with Crippen molar-refractivity contribution in [3.05, 3.63) is 0 Å². The van der Waals surface area contributed by atoms with Crippen LogP contribution in [0.2, 0.25) is 0 Å². The molecule has 0 amide bonds. The summed E-state index contributed by atoms with van der Waals surface area (Å²) in [5, 5.41) is 0. The Morgan fingerprint density at radius 2 is 1.12 bits per heavy atom. The molecule has 0 aliphatic carbocycles. The third-order valence-corrected chi connectivity index (χ3v) is 0. The Balaban J connectivity index is -0.00000000381. The number of hydrogen-bond donors (Lipinski definition) is 2. The van der Waals surface area contributed by atoms with Crippen molar-refractivity contribution >= 4 is 115 Å². The van der Waals surface area contributed by atoms with Crippen LogP contribution in [-0.4, -0.2) is 108 Å². The SMILES string of the molecule is O=S(=O)(O)O.S.[H-].[H-].[H-].[H-].[Sr+2].[Sr+2]. The van der Waals surface area contributed by atoms with Crippen molar-refractivity contribution < 1.29 is 23.2 Å². The summed E-state index contributed by atoms with van der Waals surface area (Å²) in [6.07, 6.45) is 0. The van der Waals surface area contributed by atoms with Gasteiger partial charge in [-0.15, -0.1) is 0 Å². The topological polar surface area (TPSA) is 74.6 Å². The quantitative estimate of drug-likeness (QED) is 0.451. The van der Waals surface area contributed by atoms with Crippen LogP contribution in [0.5, 0.6) is 0 Å². The molecule has 0 radical (unpaired) electrons. The summed E-state index contributed by atoms with van der Waals surface area (Å²) in [6.45, 7) is 0. The minimum atomic E-state index is -4.67. The van der Waals surface area contributed by atoms with E-state index in [1.54, 1.807) is 0 Å². The molecular formula is H8O4S2Sr2. The monoisotopic (exact) mass is 312 g/mol. The van der Waals surface area contributed by atoms with E-state index in [9.17, 15) is 0 Å². The summed E-state index contributed by atoms with van der Waals surface area (Å²) in [4.78, 5) is 0. The smallest absolute Gasteiger partial charge is 1.00 e. The van der Waals surface area contributed by atoms with E-state index in [1.807, 2.05) is 0 Å². The molecule has 48 valence electrons. The maximum Gasteiger partial charge on any atom is 2.00 e. The molecule has 0 aromatic rings. The molecule has 0 aromatic heterocycles. The minimum Gasteiger partial charge on any atom is -1.00 e. The van der Waals surface area contributed by atoms with Crippen LogP contribution in [0.1, 0.15) is 5.71 Å². The third kappa shape index (κ3) is 60.7. The van der Waals surface area contributed by atoms with Gasteiger partial charge in [0, 0.05) is 0 Å². The van der Waals surface area contributed by atoms with Gasteiger partial charge >= 0.3 is 101 Å². The summed E-state index contributed by atoms with van der Waals surface area (Å²) < 4.78 is 31.6. The minimum absolute atomic E-state index is 0. The van der Waals surface area contributed by atoms with Crippen LogP contribution in [0.4, 0.5) is 0 Å². The van der Waals surface area contributed by atoms with Crippen LogP contribution >= 0.6 is 13.5 Å². The van der Waals surface area contributed by atoms with Gasteiger partial charge in [-0.3, -0.25) is 9.11 Å². The van der Waals surface area contributed by atoms with E-state index in [0.29, 0.717) is 0 Å². The summed E-state index contributed by atoms with van der Waals surface area (Å²) in [5.74, 6) is 0. The average Bonchev–Trinajstić information content (AvgIpc) is 0.722. The summed E-state index contributed by atoms with van der Waals surface area (Å²) in [7, 11) is -4.67. The number of hydrogen-bond acceptors (Lipinski definition) is 2. The second kappa shape index (κ2) is 10.2. The van der Waals surface area contributed by atoms with Gasteiger partial charge in [0.15, 0.2) is 0 Å². The maximum absolute atomic E-state index is 8.74. The molecule has 0 rings (SSSR count). The average molecular weight is 311 g/mol.